The van der Waals surface area contributed by atoms with Crippen LogP contribution in [0.4, 0.5) is 11.4 Å². The summed E-state index contributed by atoms with van der Waals surface area (Å²) in [4.78, 5) is 20.7. The van der Waals surface area contributed by atoms with Crippen LogP contribution in [0.1, 0.15) is 15.9 Å². The van der Waals surface area contributed by atoms with Crippen LogP contribution in [0.25, 0.3) is 0 Å². The SMILES string of the molecule is CSc1cnccc1N.Cc1cccc(NC(=O)c2cccnc2Cl)c1. The molecule has 0 unspecified atom stereocenters. The summed E-state index contributed by atoms with van der Waals surface area (Å²) in [6.45, 7) is 1.96. The third-order valence-electron chi connectivity index (χ3n) is 3.32. The topological polar surface area (TPSA) is 80.9 Å². The van der Waals surface area contributed by atoms with Crippen LogP contribution in [0.5, 0.6) is 0 Å². The molecule has 0 spiro atoms. The van der Waals surface area contributed by atoms with E-state index in [9.17, 15) is 4.79 Å². The Hall–Kier alpha value is -2.57. The van der Waals surface area contributed by atoms with Gasteiger partial charge in [0.1, 0.15) is 5.15 Å². The maximum Gasteiger partial charge on any atom is 0.258 e. The number of nitrogen functional groups attached to an aromatic ring is 1. The number of hydrogen-bond acceptors (Lipinski definition) is 5. The molecule has 0 saturated carbocycles. The summed E-state index contributed by atoms with van der Waals surface area (Å²) in [6.07, 6.45) is 6.98. The van der Waals surface area contributed by atoms with Crippen LogP contribution < -0.4 is 11.1 Å². The van der Waals surface area contributed by atoms with Crippen LogP contribution in [-0.4, -0.2) is 22.1 Å². The van der Waals surface area contributed by atoms with Gasteiger partial charge in [0.15, 0.2) is 0 Å². The Morgan fingerprint density at radius 2 is 2.00 bits per heavy atom. The molecule has 0 bridgehead atoms. The van der Waals surface area contributed by atoms with Crippen molar-refractivity contribution in [3.05, 3.63) is 77.3 Å². The predicted molar refractivity (Wildman–Crippen MR) is 109 cm³/mol. The van der Waals surface area contributed by atoms with Crippen LogP contribution in [0.3, 0.4) is 0 Å². The lowest BCUT2D eigenvalue weighted by Gasteiger charge is -2.06. The maximum atomic E-state index is 11.9. The van der Waals surface area contributed by atoms with Crippen molar-refractivity contribution in [2.45, 2.75) is 11.8 Å². The second kappa shape index (κ2) is 9.79. The molecule has 0 aliphatic carbocycles. The normalized spacial score (nSPS) is 9.81. The number of nitrogens with one attached hydrogen (secondary N) is 1. The smallest absolute Gasteiger partial charge is 0.258 e. The van der Waals surface area contributed by atoms with Gasteiger partial charge >= 0.3 is 0 Å². The van der Waals surface area contributed by atoms with Crippen LogP contribution in [0, 0.1) is 6.92 Å². The number of amides is 1. The van der Waals surface area contributed by atoms with Crippen molar-refractivity contribution >= 4 is 40.6 Å². The molecule has 3 aromatic rings. The zero-order valence-corrected chi connectivity index (χ0v) is 16.0. The highest BCUT2D eigenvalue weighted by Crippen LogP contribution is 2.19. The highest BCUT2D eigenvalue weighted by molar-refractivity contribution is 7.98. The highest BCUT2D eigenvalue weighted by Gasteiger charge is 2.10. The molecule has 0 aliphatic heterocycles. The summed E-state index contributed by atoms with van der Waals surface area (Å²) in [5.74, 6) is -0.256. The molecule has 2 aromatic heterocycles. The van der Waals surface area contributed by atoms with Gasteiger partial charge in [-0.2, -0.15) is 0 Å². The molecular weight excluding hydrogens is 368 g/mol. The molecule has 1 amide bonds. The number of benzene rings is 1. The average molecular weight is 387 g/mol. The summed E-state index contributed by atoms with van der Waals surface area (Å²) < 4.78 is 0. The number of anilines is 2. The molecule has 1 aromatic carbocycles. The predicted octanol–water partition coefficient (Wildman–Crippen LogP) is 4.68. The van der Waals surface area contributed by atoms with E-state index in [1.54, 1.807) is 48.6 Å². The van der Waals surface area contributed by atoms with Gasteiger partial charge in [0, 0.05) is 34.9 Å². The van der Waals surface area contributed by atoms with Gasteiger partial charge in [0.05, 0.1) is 5.56 Å². The number of aryl methyl sites for hydroxylation is 1. The minimum atomic E-state index is -0.256. The zero-order valence-electron chi connectivity index (χ0n) is 14.4. The summed E-state index contributed by atoms with van der Waals surface area (Å²) in [6, 6.07) is 12.7. The molecule has 0 fully saturated rings. The summed E-state index contributed by atoms with van der Waals surface area (Å²) in [5.41, 5.74) is 8.57. The number of hydrogen-bond donors (Lipinski definition) is 2. The Morgan fingerprint density at radius 1 is 1.19 bits per heavy atom. The number of rotatable bonds is 3. The van der Waals surface area contributed by atoms with Crippen molar-refractivity contribution in [2.75, 3.05) is 17.3 Å². The van der Waals surface area contributed by atoms with Gasteiger partial charge in [-0.25, -0.2) is 4.98 Å². The number of pyridine rings is 2. The Labute approximate surface area is 162 Å². The van der Waals surface area contributed by atoms with E-state index in [-0.39, 0.29) is 11.1 Å². The van der Waals surface area contributed by atoms with Crippen LogP contribution in [0.15, 0.2) is 66.0 Å². The molecule has 0 aliphatic rings. The van der Waals surface area contributed by atoms with Crippen molar-refractivity contribution in [1.29, 1.82) is 0 Å². The lowest BCUT2D eigenvalue weighted by atomic mass is 10.2. The molecule has 0 saturated heterocycles. The Kier molecular flexibility index (Phi) is 7.44. The first-order valence-electron chi connectivity index (χ1n) is 7.73. The van der Waals surface area contributed by atoms with Gasteiger partial charge in [-0.3, -0.25) is 9.78 Å². The lowest BCUT2D eigenvalue weighted by molar-refractivity contribution is 0.102. The van der Waals surface area contributed by atoms with E-state index < -0.39 is 0 Å². The second-order valence-corrected chi connectivity index (χ2v) is 6.49. The fourth-order valence-electron chi connectivity index (χ4n) is 2.04. The van der Waals surface area contributed by atoms with Gasteiger partial charge < -0.3 is 11.1 Å². The summed E-state index contributed by atoms with van der Waals surface area (Å²) in [5, 5.41) is 2.98. The Bertz CT molecular complexity index is 889. The van der Waals surface area contributed by atoms with E-state index >= 15 is 0 Å². The fraction of sp³-hybridized carbons (Fsp3) is 0.105. The molecule has 7 heteroatoms. The zero-order chi connectivity index (χ0) is 18.9. The number of thioether (sulfide) groups is 1. The standard InChI is InChI=1S/C13H11ClN2O.C6H8N2S/c1-9-4-2-5-10(8-9)16-13(17)11-6-3-7-15-12(11)14;1-9-6-4-8-3-2-5(6)7/h2-8H,1H3,(H,16,17);2-4H,1H3,(H2,7,8). The molecule has 2 heterocycles. The van der Waals surface area contributed by atoms with Crippen LogP contribution >= 0.6 is 23.4 Å². The van der Waals surface area contributed by atoms with Gasteiger partial charge in [-0.15, -0.1) is 11.8 Å². The number of nitrogens with zero attached hydrogens (tertiary/aromatic N) is 2. The van der Waals surface area contributed by atoms with Crippen molar-refractivity contribution < 1.29 is 4.79 Å². The number of carbonyl (C=O) groups is 1. The van der Waals surface area contributed by atoms with Crippen molar-refractivity contribution in [2.24, 2.45) is 0 Å². The highest BCUT2D eigenvalue weighted by atomic mass is 35.5. The minimum absolute atomic E-state index is 0.206. The first-order chi connectivity index (χ1) is 12.5. The van der Waals surface area contributed by atoms with Crippen molar-refractivity contribution in [3.8, 4) is 0 Å². The average Bonchev–Trinajstić information content (AvgIpc) is 2.63. The van der Waals surface area contributed by atoms with Crippen LogP contribution in [0.2, 0.25) is 5.15 Å². The molecule has 3 rings (SSSR count). The van der Waals surface area contributed by atoms with E-state index in [0.29, 0.717) is 5.56 Å². The molecule has 3 N–H and O–H groups in total. The fourth-order valence-corrected chi connectivity index (χ4v) is 2.71. The van der Waals surface area contributed by atoms with Gasteiger partial charge in [0.25, 0.3) is 5.91 Å². The third kappa shape index (κ3) is 5.75. The quantitative estimate of drug-likeness (QED) is 0.504. The monoisotopic (exact) mass is 386 g/mol. The molecule has 134 valence electrons. The second-order valence-electron chi connectivity index (χ2n) is 5.28. The maximum absolute atomic E-state index is 11.9. The molecule has 0 atom stereocenters. The lowest BCUT2D eigenvalue weighted by Crippen LogP contribution is -2.12. The van der Waals surface area contributed by atoms with E-state index in [4.69, 9.17) is 17.3 Å². The molecule has 5 nitrogen and oxygen atoms in total. The number of halogens is 1. The van der Waals surface area contributed by atoms with Crippen LogP contribution in [-0.2, 0) is 0 Å². The van der Waals surface area contributed by atoms with Crippen molar-refractivity contribution in [1.82, 2.24) is 9.97 Å². The van der Waals surface area contributed by atoms with Gasteiger partial charge in [-0.05, 0) is 49.1 Å². The first-order valence-corrected chi connectivity index (χ1v) is 9.33. The van der Waals surface area contributed by atoms with Gasteiger partial charge in [-0.1, -0.05) is 23.7 Å². The Balaban J connectivity index is 0.000000228. The number of carbonyl (C=O) groups excluding carboxylic acids is 1. The first kappa shape index (κ1) is 19.8. The summed E-state index contributed by atoms with van der Waals surface area (Å²) in [7, 11) is 0. The largest absolute Gasteiger partial charge is 0.398 e. The van der Waals surface area contributed by atoms with Crippen molar-refractivity contribution in [3.63, 3.8) is 0 Å². The third-order valence-corrected chi connectivity index (χ3v) is 4.40. The molecule has 26 heavy (non-hydrogen) atoms. The number of aromatic nitrogens is 2. The van der Waals surface area contributed by atoms with E-state index in [1.807, 2.05) is 37.4 Å². The summed E-state index contributed by atoms with van der Waals surface area (Å²) >= 11 is 7.45. The molecule has 0 radical (unpaired) electrons. The Morgan fingerprint density at radius 3 is 2.62 bits per heavy atom. The van der Waals surface area contributed by atoms with E-state index in [0.717, 1.165) is 21.8 Å². The van der Waals surface area contributed by atoms with Gasteiger partial charge in [0.2, 0.25) is 0 Å². The van der Waals surface area contributed by atoms with E-state index in [1.165, 1.54) is 0 Å². The van der Waals surface area contributed by atoms with E-state index in [2.05, 4.69) is 15.3 Å². The minimum Gasteiger partial charge on any atom is -0.398 e. The number of nitrogens with two attached hydrogens (primary N) is 1. The molecular formula is C19H19ClN4OS.